The monoisotopic (exact) mass is 345 g/mol. The normalized spacial score (nSPS) is 17.0. The summed E-state index contributed by atoms with van der Waals surface area (Å²) in [5, 5.41) is 0.382. The van der Waals surface area contributed by atoms with Crippen molar-refractivity contribution in [1.82, 2.24) is 0 Å². The van der Waals surface area contributed by atoms with E-state index in [2.05, 4.69) is 0 Å². The predicted molar refractivity (Wildman–Crippen MR) is 95.0 cm³/mol. The fourth-order valence-corrected chi connectivity index (χ4v) is 3.63. The minimum atomic E-state index is -0.298. The topological polar surface area (TPSA) is 38.7 Å². The molecule has 0 aromatic heterocycles. The molecule has 1 heterocycles. The van der Waals surface area contributed by atoms with Gasteiger partial charge in [-0.1, -0.05) is 35.9 Å². The first-order valence-corrected chi connectivity index (χ1v) is 8.69. The molecule has 0 saturated carbocycles. The van der Waals surface area contributed by atoms with Crippen LogP contribution in [0.15, 0.2) is 58.4 Å². The smallest absolute Gasteiger partial charge is 0.319 e. The van der Waals surface area contributed by atoms with E-state index in [1.807, 2.05) is 55.5 Å². The lowest BCUT2D eigenvalue weighted by Crippen LogP contribution is -2.23. The molecule has 0 spiro atoms. The van der Waals surface area contributed by atoms with Gasteiger partial charge in [-0.05, 0) is 36.8 Å². The highest BCUT2D eigenvalue weighted by atomic mass is 35.5. The van der Waals surface area contributed by atoms with Crippen LogP contribution in [0.3, 0.4) is 0 Å². The Morgan fingerprint density at radius 3 is 2.74 bits per heavy atom. The maximum absolute atomic E-state index is 12.3. The molecule has 0 saturated heterocycles. The second-order valence-electron chi connectivity index (χ2n) is 5.10. The Labute approximate surface area is 144 Å². The molecule has 118 valence electrons. The molecule has 23 heavy (non-hydrogen) atoms. The lowest BCUT2D eigenvalue weighted by Gasteiger charge is -2.14. The summed E-state index contributed by atoms with van der Waals surface area (Å²) in [6.07, 6.45) is 0.528. The number of carbonyl (C=O) groups excluding carboxylic acids is 1. The first-order valence-electron chi connectivity index (χ1n) is 7.43. The largest absolute Gasteiger partial charge is 0.465 e. The van der Waals surface area contributed by atoms with Crippen LogP contribution in [-0.4, -0.2) is 23.5 Å². The van der Waals surface area contributed by atoms with Gasteiger partial charge >= 0.3 is 5.97 Å². The molecular weight excluding hydrogens is 330 g/mol. The number of para-hydroxylation sites is 1. The van der Waals surface area contributed by atoms with Crippen molar-refractivity contribution in [2.24, 2.45) is 4.99 Å². The zero-order valence-corrected chi connectivity index (χ0v) is 14.2. The maximum atomic E-state index is 12.3. The molecule has 3 rings (SSSR count). The fraction of sp³-hybridized carbons (Fsp3) is 0.222. The van der Waals surface area contributed by atoms with E-state index in [0.29, 0.717) is 18.1 Å². The number of ether oxygens (including phenoxy) is 1. The Bertz CT molecular complexity index is 743. The first-order chi connectivity index (χ1) is 11.2. The summed E-state index contributed by atoms with van der Waals surface area (Å²) in [4.78, 5) is 18.0. The Morgan fingerprint density at radius 2 is 2.00 bits per heavy atom. The number of rotatable bonds is 3. The number of aliphatic imine (C=N–C) groups is 1. The van der Waals surface area contributed by atoms with Gasteiger partial charge in [0.05, 0.1) is 18.0 Å². The molecule has 0 bridgehead atoms. The summed E-state index contributed by atoms with van der Waals surface area (Å²) in [6.45, 7) is 2.20. The van der Waals surface area contributed by atoms with Crippen molar-refractivity contribution in [2.75, 3.05) is 6.61 Å². The van der Waals surface area contributed by atoms with Crippen LogP contribution in [-0.2, 0) is 9.53 Å². The third-order valence-electron chi connectivity index (χ3n) is 3.50. The third kappa shape index (κ3) is 3.77. The maximum Gasteiger partial charge on any atom is 0.319 e. The van der Waals surface area contributed by atoms with Gasteiger partial charge in [0.1, 0.15) is 5.25 Å². The van der Waals surface area contributed by atoms with Crippen LogP contribution in [0.2, 0.25) is 5.02 Å². The number of fused-ring (bicyclic) bond motifs is 1. The molecule has 0 amide bonds. The van der Waals surface area contributed by atoms with Gasteiger partial charge in [0.25, 0.3) is 0 Å². The van der Waals surface area contributed by atoms with Crippen molar-refractivity contribution >= 4 is 40.7 Å². The molecule has 3 nitrogen and oxygen atoms in total. The molecule has 1 aliphatic rings. The molecule has 1 atom stereocenters. The van der Waals surface area contributed by atoms with E-state index in [9.17, 15) is 4.79 Å². The Balaban J connectivity index is 2.01. The average molecular weight is 346 g/mol. The van der Waals surface area contributed by atoms with E-state index in [0.717, 1.165) is 21.9 Å². The molecule has 0 radical (unpaired) electrons. The molecule has 0 N–H and O–H groups in total. The summed E-state index contributed by atoms with van der Waals surface area (Å²) in [5.41, 5.74) is 2.73. The number of halogens is 1. The van der Waals surface area contributed by atoms with Crippen LogP contribution in [0.1, 0.15) is 18.9 Å². The van der Waals surface area contributed by atoms with Crippen molar-refractivity contribution < 1.29 is 9.53 Å². The highest BCUT2D eigenvalue weighted by molar-refractivity contribution is 8.00. The second kappa shape index (κ2) is 7.20. The minimum absolute atomic E-state index is 0.198. The van der Waals surface area contributed by atoms with Gasteiger partial charge in [-0.3, -0.25) is 9.79 Å². The van der Waals surface area contributed by atoms with Gasteiger partial charge in [-0.25, -0.2) is 0 Å². The lowest BCUT2D eigenvalue weighted by atomic mass is 10.1. The van der Waals surface area contributed by atoms with Crippen molar-refractivity contribution in [2.45, 2.75) is 23.5 Å². The van der Waals surface area contributed by atoms with Crippen molar-refractivity contribution in [3.05, 3.63) is 59.1 Å². The van der Waals surface area contributed by atoms with E-state index in [4.69, 9.17) is 21.3 Å². The Kier molecular flexibility index (Phi) is 5.03. The number of thioether (sulfide) groups is 1. The number of hydrogen-bond acceptors (Lipinski definition) is 4. The SMILES string of the molecule is CCOC(=O)C1CC(c2ccc(Cl)cc2)=Nc2ccccc2S1. The van der Waals surface area contributed by atoms with E-state index in [1.165, 1.54) is 11.8 Å². The second-order valence-corrected chi connectivity index (χ2v) is 6.78. The highest BCUT2D eigenvalue weighted by Crippen LogP contribution is 2.38. The summed E-state index contributed by atoms with van der Waals surface area (Å²) >= 11 is 7.48. The van der Waals surface area contributed by atoms with E-state index >= 15 is 0 Å². The molecule has 1 aliphatic heterocycles. The lowest BCUT2D eigenvalue weighted by molar-refractivity contribution is -0.142. The number of hydrogen-bond donors (Lipinski definition) is 0. The van der Waals surface area contributed by atoms with Gasteiger partial charge in [-0.2, -0.15) is 0 Å². The van der Waals surface area contributed by atoms with E-state index in [-0.39, 0.29) is 11.2 Å². The Hall–Kier alpha value is -1.78. The summed E-state index contributed by atoms with van der Waals surface area (Å²) < 4.78 is 5.22. The number of benzene rings is 2. The van der Waals surface area contributed by atoms with Gasteiger partial charge in [0.2, 0.25) is 0 Å². The molecule has 5 heteroatoms. The van der Waals surface area contributed by atoms with Crippen LogP contribution in [0.4, 0.5) is 5.69 Å². The number of carbonyl (C=O) groups is 1. The summed E-state index contributed by atoms with van der Waals surface area (Å²) in [7, 11) is 0. The van der Waals surface area contributed by atoms with E-state index in [1.54, 1.807) is 0 Å². The average Bonchev–Trinajstić information content (AvgIpc) is 2.75. The quantitative estimate of drug-likeness (QED) is 0.743. The van der Waals surface area contributed by atoms with Gasteiger partial charge in [0.15, 0.2) is 0 Å². The molecule has 1 unspecified atom stereocenters. The standard InChI is InChI=1S/C18H16ClNO2S/c1-2-22-18(21)17-11-15(12-7-9-13(19)10-8-12)20-14-5-3-4-6-16(14)23-17/h3-10,17H,2,11H2,1H3. The predicted octanol–water partition coefficient (Wildman–Crippen LogP) is 4.89. The summed E-state index contributed by atoms with van der Waals surface area (Å²) in [6, 6.07) is 15.4. The van der Waals surface area contributed by atoms with Crippen LogP contribution in [0.5, 0.6) is 0 Å². The van der Waals surface area contributed by atoms with Crippen molar-refractivity contribution in [3.63, 3.8) is 0 Å². The number of nitrogens with zero attached hydrogens (tertiary/aromatic N) is 1. The molecule has 0 aliphatic carbocycles. The number of esters is 1. The van der Waals surface area contributed by atoms with Gasteiger partial charge < -0.3 is 4.74 Å². The van der Waals surface area contributed by atoms with Crippen LogP contribution in [0.25, 0.3) is 0 Å². The Morgan fingerprint density at radius 1 is 1.26 bits per heavy atom. The van der Waals surface area contributed by atoms with E-state index < -0.39 is 0 Å². The fourth-order valence-electron chi connectivity index (χ4n) is 2.40. The van der Waals surface area contributed by atoms with Crippen molar-refractivity contribution in [1.29, 1.82) is 0 Å². The third-order valence-corrected chi connectivity index (χ3v) is 4.99. The highest BCUT2D eigenvalue weighted by Gasteiger charge is 2.27. The summed E-state index contributed by atoms with van der Waals surface area (Å²) in [5.74, 6) is -0.198. The van der Waals surface area contributed by atoms with Gasteiger partial charge in [-0.15, -0.1) is 11.8 Å². The molecule has 2 aromatic rings. The van der Waals surface area contributed by atoms with Crippen molar-refractivity contribution in [3.8, 4) is 0 Å². The molecule has 0 fully saturated rings. The molecule has 2 aromatic carbocycles. The zero-order chi connectivity index (χ0) is 16.2. The van der Waals surface area contributed by atoms with Crippen LogP contribution < -0.4 is 0 Å². The van der Waals surface area contributed by atoms with Crippen LogP contribution >= 0.6 is 23.4 Å². The molecular formula is C18H16ClNO2S. The van der Waals surface area contributed by atoms with Crippen LogP contribution in [0, 0.1) is 0 Å². The minimum Gasteiger partial charge on any atom is -0.465 e. The zero-order valence-electron chi connectivity index (χ0n) is 12.7. The first kappa shape index (κ1) is 16.1. The van der Waals surface area contributed by atoms with Gasteiger partial charge in [0, 0.05) is 16.3 Å².